The summed E-state index contributed by atoms with van der Waals surface area (Å²) >= 11 is 3.50. The van der Waals surface area contributed by atoms with E-state index in [1.165, 1.54) is 0 Å². The maximum Gasteiger partial charge on any atom is 0.290 e. The maximum atomic E-state index is 11.6. The predicted molar refractivity (Wildman–Crippen MR) is 63.6 cm³/mol. The Kier molecular flexibility index (Phi) is 3.09. The largest absolute Gasteiger partial charge is 0.348 e. The van der Waals surface area contributed by atoms with Crippen LogP contribution in [-0.4, -0.2) is 27.9 Å². The van der Waals surface area contributed by atoms with E-state index in [9.17, 15) is 4.79 Å². The highest BCUT2D eigenvalue weighted by Crippen LogP contribution is 2.27. The van der Waals surface area contributed by atoms with E-state index in [4.69, 9.17) is 0 Å². The number of aromatic nitrogens is 2. The van der Waals surface area contributed by atoms with Crippen molar-refractivity contribution < 1.29 is 0 Å². The van der Waals surface area contributed by atoms with E-state index in [-0.39, 0.29) is 5.56 Å². The van der Waals surface area contributed by atoms with Crippen LogP contribution in [0, 0.1) is 5.92 Å². The van der Waals surface area contributed by atoms with Crippen molar-refractivity contribution >= 4 is 21.7 Å². The molecular formula is C10H14BrN3O. The highest BCUT2D eigenvalue weighted by molar-refractivity contribution is 9.09. The number of nitrogens with zero attached hydrogens (tertiary/aromatic N) is 2. The molecule has 15 heavy (non-hydrogen) atoms. The summed E-state index contributed by atoms with van der Waals surface area (Å²) in [6, 6.07) is 0.376. The Bertz CT molecular complexity index is 392. The summed E-state index contributed by atoms with van der Waals surface area (Å²) in [5.41, 5.74) is -0.0995. The van der Waals surface area contributed by atoms with Gasteiger partial charge in [-0.25, -0.2) is 4.98 Å². The number of H-pyrrole nitrogens is 1. The molecule has 0 radical (unpaired) electrons. The smallest absolute Gasteiger partial charge is 0.290 e. The lowest BCUT2D eigenvalue weighted by Crippen LogP contribution is -2.37. The molecule has 0 aromatic carbocycles. The van der Waals surface area contributed by atoms with Gasteiger partial charge in [-0.05, 0) is 12.3 Å². The van der Waals surface area contributed by atoms with Gasteiger partial charge in [-0.3, -0.25) is 4.79 Å². The molecule has 2 unspecified atom stereocenters. The molecule has 2 heterocycles. The molecule has 5 heteroatoms. The number of aromatic amines is 1. The fourth-order valence-corrected chi connectivity index (χ4v) is 3.04. The van der Waals surface area contributed by atoms with Crippen LogP contribution in [0.1, 0.15) is 13.3 Å². The lowest BCUT2D eigenvalue weighted by molar-refractivity contribution is 0.552. The second kappa shape index (κ2) is 4.35. The van der Waals surface area contributed by atoms with Crippen LogP contribution in [0.25, 0.3) is 0 Å². The molecule has 0 aliphatic carbocycles. The maximum absolute atomic E-state index is 11.6. The van der Waals surface area contributed by atoms with E-state index < -0.39 is 0 Å². The topological polar surface area (TPSA) is 49.0 Å². The zero-order chi connectivity index (χ0) is 10.8. The van der Waals surface area contributed by atoms with Crippen molar-refractivity contribution in [3.8, 4) is 0 Å². The van der Waals surface area contributed by atoms with Crippen LogP contribution in [0.15, 0.2) is 17.2 Å². The molecule has 0 saturated carbocycles. The summed E-state index contributed by atoms with van der Waals surface area (Å²) in [7, 11) is 0. The number of hydrogen-bond acceptors (Lipinski definition) is 3. The number of alkyl halides is 1. The van der Waals surface area contributed by atoms with Crippen LogP contribution in [0.2, 0.25) is 0 Å². The van der Waals surface area contributed by atoms with Gasteiger partial charge in [0.15, 0.2) is 5.82 Å². The first-order chi connectivity index (χ1) is 7.24. The summed E-state index contributed by atoms with van der Waals surface area (Å²) < 4.78 is 0. The molecule has 1 aliphatic rings. The molecule has 4 nitrogen and oxygen atoms in total. The third kappa shape index (κ3) is 1.93. The van der Waals surface area contributed by atoms with Gasteiger partial charge < -0.3 is 9.88 Å². The van der Waals surface area contributed by atoms with Gasteiger partial charge in [-0.15, -0.1) is 0 Å². The minimum Gasteiger partial charge on any atom is -0.348 e. The Hall–Kier alpha value is -0.840. The summed E-state index contributed by atoms with van der Waals surface area (Å²) in [5.74, 6) is 1.15. The van der Waals surface area contributed by atoms with Gasteiger partial charge in [-0.1, -0.05) is 22.9 Å². The van der Waals surface area contributed by atoms with Crippen molar-refractivity contribution in [3.63, 3.8) is 0 Å². The zero-order valence-electron chi connectivity index (χ0n) is 8.61. The van der Waals surface area contributed by atoms with Crippen LogP contribution in [-0.2, 0) is 0 Å². The van der Waals surface area contributed by atoms with Crippen molar-refractivity contribution in [3.05, 3.63) is 22.7 Å². The van der Waals surface area contributed by atoms with Crippen LogP contribution in [0.3, 0.4) is 0 Å². The highest BCUT2D eigenvalue weighted by Gasteiger charge is 2.32. The van der Waals surface area contributed by atoms with Crippen LogP contribution < -0.4 is 10.5 Å². The van der Waals surface area contributed by atoms with E-state index in [0.717, 1.165) is 18.3 Å². The van der Waals surface area contributed by atoms with Gasteiger partial charge in [0.25, 0.3) is 5.56 Å². The molecule has 82 valence electrons. The average Bonchev–Trinajstić information content (AvgIpc) is 2.60. The van der Waals surface area contributed by atoms with Crippen molar-refractivity contribution in [1.29, 1.82) is 0 Å². The molecule has 1 aromatic rings. The van der Waals surface area contributed by atoms with E-state index in [2.05, 4.69) is 37.7 Å². The third-order valence-corrected chi connectivity index (χ3v) is 3.66. The fraction of sp³-hybridized carbons (Fsp3) is 0.600. The first-order valence-corrected chi connectivity index (χ1v) is 6.22. The fourth-order valence-electron chi connectivity index (χ4n) is 2.06. The van der Waals surface area contributed by atoms with Crippen LogP contribution >= 0.6 is 15.9 Å². The minimum absolute atomic E-state index is 0.0995. The molecule has 1 saturated heterocycles. The Morgan fingerprint density at radius 1 is 1.73 bits per heavy atom. The van der Waals surface area contributed by atoms with Gasteiger partial charge in [0.2, 0.25) is 0 Å². The van der Waals surface area contributed by atoms with Gasteiger partial charge in [0, 0.05) is 30.3 Å². The normalized spacial score (nSPS) is 25.9. The lowest BCUT2D eigenvalue weighted by atomic mass is 10.1. The van der Waals surface area contributed by atoms with E-state index in [1.807, 2.05) is 0 Å². The standard InChI is InChI=1S/C10H14BrN3O/c1-7-2-5-14(8(7)6-11)9-10(15)13-4-3-12-9/h3-4,7-8H,2,5-6H2,1H3,(H,13,15). The first-order valence-electron chi connectivity index (χ1n) is 5.10. The summed E-state index contributed by atoms with van der Waals surface area (Å²) in [6.07, 6.45) is 4.31. The van der Waals surface area contributed by atoms with Crippen LogP contribution in [0.4, 0.5) is 5.82 Å². The number of hydrogen-bond donors (Lipinski definition) is 1. The van der Waals surface area contributed by atoms with E-state index >= 15 is 0 Å². The monoisotopic (exact) mass is 271 g/mol. The van der Waals surface area contributed by atoms with E-state index in [1.54, 1.807) is 12.4 Å². The first kappa shape index (κ1) is 10.7. The van der Waals surface area contributed by atoms with Gasteiger partial charge >= 0.3 is 0 Å². The minimum atomic E-state index is -0.0995. The molecule has 0 spiro atoms. The predicted octanol–water partition coefficient (Wildman–Crippen LogP) is 1.38. The average molecular weight is 272 g/mol. The van der Waals surface area contributed by atoms with Gasteiger partial charge in [0.05, 0.1) is 0 Å². The molecule has 1 fully saturated rings. The lowest BCUT2D eigenvalue weighted by Gasteiger charge is -2.25. The van der Waals surface area contributed by atoms with Crippen molar-refractivity contribution in [2.24, 2.45) is 5.92 Å². The van der Waals surface area contributed by atoms with Crippen molar-refractivity contribution in [2.45, 2.75) is 19.4 Å². The Labute approximate surface area is 96.8 Å². The van der Waals surface area contributed by atoms with Crippen molar-refractivity contribution in [1.82, 2.24) is 9.97 Å². The summed E-state index contributed by atoms with van der Waals surface area (Å²) in [6.45, 7) is 3.13. The van der Waals surface area contributed by atoms with Gasteiger partial charge in [0.1, 0.15) is 0 Å². The Balaban J connectivity index is 2.32. The molecular weight excluding hydrogens is 258 g/mol. The molecule has 0 amide bonds. The zero-order valence-corrected chi connectivity index (χ0v) is 10.2. The van der Waals surface area contributed by atoms with Crippen molar-refractivity contribution in [2.75, 3.05) is 16.8 Å². The summed E-state index contributed by atoms with van der Waals surface area (Å²) in [4.78, 5) is 20.5. The number of nitrogens with one attached hydrogen (secondary N) is 1. The molecule has 2 atom stereocenters. The highest BCUT2D eigenvalue weighted by atomic mass is 79.9. The summed E-state index contributed by atoms with van der Waals surface area (Å²) in [5, 5.41) is 0.879. The second-order valence-corrected chi connectivity index (χ2v) is 4.57. The number of anilines is 1. The Morgan fingerprint density at radius 2 is 2.53 bits per heavy atom. The molecule has 1 aliphatic heterocycles. The number of rotatable bonds is 2. The molecule has 2 rings (SSSR count). The van der Waals surface area contributed by atoms with Gasteiger partial charge in [-0.2, -0.15) is 0 Å². The second-order valence-electron chi connectivity index (χ2n) is 3.92. The SMILES string of the molecule is CC1CCN(c2ncc[nH]c2=O)C1CBr. The third-order valence-electron chi connectivity index (χ3n) is 3.00. The van der Waals surface area contributed by atoms with Crippen LogP contribution in [0.5, 0.6) is 0 Å². The molecule has 1 aromatic heterocycles. The molecule has 0 bridgehead atoms. The Morgan fingerprint density at radius 3 is 3.20 bits per heavy atom. The van der Waals surface area contributed by atoms with E-state index in [0.29, 0.717) is 17.8 Å². The molecule has 1 N–H and O–H groups in total. The number of halogens is 1. The quantitative estimate of drug-likeness (QED) is 0.827.